The molecule has 5 N–H and O–H groups in total. The fraction of sp³-hybridized carbons (Fsp3) is 0. The van der Waals surface area contributed by atoms with Gasteiger partial charge in [0.25, 0.3) is 0 Å². The van der Waals surface area contributed by atoms with Gasteiger partial charge in [-0.1, -0.05) is 5.16 Å². The minimum Gasteiger partial charge on any atom is -0.412 e. The Morgan fingerprint density at radius 1 is 1.31 bits per heavy atom. The maximum atomic E-state index is 10.5. The average Bonchev–Trinajstić information content (AvgIpc) is 2.58. The number of nitrogens with two attached hydrogens (primary N) is 1. The molecular formula is C4H5N5O4. The number of aromatic amines is 1. The molecule has 0 radical (unpaired) electrons. The third-order valence-electron chi connectivity index (χ3n) is 1.18. The summed E-state index contributed by atoms with van der Waals surface area (Å²) in [7, 11) is 0. The van der Waals surface area contributed by atoms with Gasteiger partial charge in [0.05, 0.1) is 0 Å². The van der Waals surface area contributed by atoms with E-state index in [0.29, 0.717) is 0 Å². The Bertz CT molecular complexity index is 441. The van der Waals surface area contributed by atoms with E-state index >= 15 is 0 Å². The van der Waals surface area contributed by atoms with E-state index in [1.807, 2.05) is 0 Å². The third-order valence-corrected chi connectivity index (χ3v) is 1.18. The van der Waals surface area contributed by atoms with Crippen LogP contribution in [0.4, 0.5) is 5.82 Å². The van der Waals surface area contributed by atoms with Gasteiger partial charge in [0.1, 0.15) is 0 Å². The number of rotatable bonds is 1. The summed E-state index contributed by atoms with van der Waals surface area (Å²) in [4.78, 5) is 12.7. The van der Waals surface area contributed by atoms with Gasteiger partial charge in [-0.3, -0.25) is 9.51 Å². The minimum absolute atomic E-state index is 0. The summed E-state index contributed by atoms with van der Waals surface area (Å²) in [5, 5.41) is 10.0. The Hall–Kier alpha value is -2.16. The molecule has 70 valence electrons. The van der Waals surface area contributed by atoms with Crippen LogP contribution in [0, 0.1) is 0 Å². The summed E-state index contributed by atoms with van der Waals surface area (Å²) in [5.74, 6) is -0.550. The summed E-state index contributed by atoms with van der Waals surface area (Å²) >= 11 is 0. The standard InChI is InChI=1S/C4H3N5O3.H2O/c5-2-1(7-12-8-2)3-6-4(10)11-9-3;/h(H2,5,8)(H,6,9,10);1H2. The Balaban J connectivity index is 0.000000845. The van der Waals surface area contributed by atoms with Crippen LogP contribution in [0.1, 0.15) is 0 Å². The highest BCUT2D eigenvalue weighted by molar-refractivity contribution is 5.61. The maximum absolute atomic E-state index is 10.5. The predicted molar refractivity (Wildman–Crippen MR) is 38.4 cm³/mol. The molecule has 0 spiro atoms. The molecule has 0 atom stereocenters. The normalized spacial score (nSPS) is 9.54. The molecule has 0 saturated carbocycles. The van der Waals surface area contributed by atoms with Crippen LogP contribution in [-0.4, -0.2) is 25.9 Å². The van der Waals surface area contributed by atoms with Gasteiger partial charge in [-0.05, 0) is 10.3 Å². The SMILES string of the molecule is Nc1nonc1-c1noc(=O)[nH]1.O. The smallest absolute Gasteiger partial charge is 0.412 e. The number of anilines is 1. The zero-order chi connectivity index (χ0) is 8.55. The summed E-state index contributed by atoms with van der Waals surface area (Å²) in [6, 6.07) is 0. The molecule has 0 bridgehead atoms. The Morgan fingerprint density at radius 2 is 2.08 bits per heavy atom. The molecule has 0 aromatic carbocycles. The molecule has 13 heavy (non-hydrogen) atoms. The number of nitrogens with zero attached hydrogens (tertiary/aromatic N) is 3. The highest BCUT2D eigenvalue weighted by Crippen LogP contribution is 2.15. The number of nitrogens with one attached hydrogen (secondary N) is 1. The lowest BCUT2D eigenvalue weighted by Gasteiger charge is -1.82. The van der Waals surface area contributed by atoms with Crippen LogP contribution in [0.2, 0.25) is 0 Å². The van der Waals surface area contributed by atoms with Gasteiger partial charge >= 0.3 is 5.76 Å². The zero-order valence-electron chi connectivity index (χ0n) is 6.14. The topological polar surface area (TPSA) is 155 Å². The quantitative estimate of drug-likeness (QED) is 0.531. The minimum atomic E-state index is -0.688. The van der Waals surface area contributed by atoms with Crippen molar-refractivity contribution >= 4 is 5.82 Å². The Morgan fingerprint density at radius 3 is 2.54 bits per heavy atom. The lowest BCUT2D eigenvalue weighted by molar-refractivity contribution is 0.310. The van der Waals surface area contributed by atoms with Crippen molar-refractivity contribution in [2.24, 2.45) is 0 Å². The zero-order valence-corrected chi connectivity index (χ0v) is 6.14. The molecule has 2 rings (SSSR count). The Labute approximate surface area is 69.8 Å². The third kappa shape index (κ3) is 1.39. The average molecular weight is 187 g/mol. The Kier molecular flexibility index (Phi) is 2.11. The van der Waals surface area contributed by atoms with Crippen LogP contribution in [0.5, 0.6) is 0 Å². The van der Waals surface area contributed by atoms with Gasteiger partial charge < -0.3 is 11.2 Å². The number of nitrogen functional groups attached to an aromatic ring is 1. The number of hydrogen-bond donors (Lipinski definition) is 2. The van der Waals surface area contributed by atoms with Crippen LogP contribution < -0.4 is 11.5 Å². The van der Waals surface area contributed by atoms with E-state index in [1.165, 1.54) is 0 Å². The number of hydrogen-bond acceptors (Lipinski definition) is 7. The second-order valence-corrected chi connectivity index (χ2v) is 1.94. The highest BCUT2D eigenvalue weighted by Gasteiger charge is 2.13. The molecule has 0 unspecified atom stereocenters. The van der Waals surface area contributed by atoms with Crippen LogP contribution in [-0.2, 0) is 0 Å². The lowest BCUT2D eigenvalue weighted by atomic mass is 10.4. The first-order valence-electron chi connectivity index (χ1n) is 2.92. The number of aromatic nitrogens is 4. The van der Waals surface area contributed by atoms with Gasteiger partial charge in [0, 0.05) is 0 Å². The van der Waals surface area contributed by atoms with Crippen molar-refractivity contribution in [3.8, 4) is 11.5 Å². The summed E-state index contributed by atoms with van der Waals surface area (Å²) < 4.78 is 8.50. The molecule has 0 aliphatic heterocycles. The molecule has 2 aromatic heterocycles. The van der Waals surface area contributed by atoms with Crippen molar-refractivity contribution in [3.05, 3.63) is 10.6 Å². The van der Waals surface area contributed by atoms with Gasteiger partial charge in [0.15, 0.2) is 11.5 Å². The van der Waals surface area contributed by atoms with Crippen LogP contribution >= 0.6 is 0 Å². The lowest BCUT2D eigenvalue weighted by Crippen LogP contribution is -1.96. The molecule has 0 amide bonds. The van der Waals surface area contributed by atoms with E-state index in [2.05, 4.69) is 29.6 Å². The first-order valence-corrected chi connectivity index (χ1v) is 2.92. The monoisotopic (exact) mass is 187 g/mol. The summed E-state index contributed by atoms with van der Waals surface area (Å²) in [6.45, 7) is 0. The van der Waals surface area contributed by atoms with Crippen molar-refractivity contribution < 1.29 is 14.6 Å². The van der Waals surface area contributed by atoms with E-state index in [9.17, 15) is 4.79 Å². The fourth-order valence-corrected chi connectivity index (χ4v) is 0.692. The molecule has 0 aliphatic carbocycles. The molecular weight excluding hydrogens is 182 g/mol. The second kappa shape index (κ2) is 3.06. The van der Waals surface area contributed by atoms with E-state index in [4.69, 9.17) is 5.73 Å². The molecule has 9 nitrogen and oxygen atoms in total. The molecule has 0 aliphatic rings. The van der Waals surface area contributed by atoms with E-state index in [0.717, 1.165) is 0 Å². The largest absolute Gasteiger partial charge is 0.439 e. The van der Waals surface area contributed by atoms with Crippen molar-refractivity contribution in [2.75, 3.05) is 5.73 Å². The molecule has 2 aromatic rings. The van der Waals surface area contributed by atoms with E-state index in [1.54, 1.807) is 0 Å². The van der Waals surface area contributed by atoms with Crippen molar-refractivity contribution in [2.45, 2.75) is 0 Å². The van der Waals surface area contributed by atoms with Crippen LogP contribution in [0.15, 0.2) is 13.9 Å². The summed E-state index contributed by atoms with van der Waals surface area (Å²) in [5.41, 5.74) is 5.46. The molecule has 2 heterocycles. The van der Waals surface area contributed by atoms with Crippen LogP contribution in [0.3, 0.4) is 0 Å². The van der Waals surface area contributed by atoms with E-state index in [-0.39, 0.29) is 22.8 Å². The number of H-pyrrole nitrogens is 1. The van der Waals surface area contributed by atoms with Crippen molar-refractivity contribution in [1.29, 1.82) is 0 Å². The fourth-order valence-electron chi connectivity index (χ4n) is 0.692. The molecule has 0 saturated heterocycles. The molecule has 0 fully saturated rings. The van der Waals surface area contributed by atoms with Gasteiger partial charge in [-0.15, -0.1) is 0 Å². The summed E-state index contributed by atoms with van der Waals surface area (Å²) in [6.07, 6.45) is 0. The van der Waals surface area contributed by atoms with Crippen LogP contribution in [0.25, 0.3) is 11.5 Å². The van der Waals surface area contributed by atoms with Crippen molar-refractivity contribution in [1.82, 2.24) is 20.5 Å². The molecule has 9 heteroatoms. The van der Waals surface area contributed by atoms with Gasteiger partial charge in [-0.25, -0.2) is 9.42 Å². The first-order chi connectivity index (χ1) is 5.77. The van der Waals surface area contributed by atoms with Gasteiger partial charge in [-0.2, -0.15) is 0 Å². The van der Waals surface area contributed by atoms with Gasteiger partial charge in [0.2, 0.25) is 5.82 Å². The highest BCUT2D eigenvalue weighted by atomic mass is 16.6. The second-order valence-electron chi connectivity index (χ2n) is 1.94. The predicted octanol–water partition coefficient (Wildman–Crippen LogP) is -1.83. The first kappa shape index (κ1) is 8.93. The van der Waals surface area contributed by atoms with Crippen molar-refractivity contribution in [3.63, 3.8) is 0 Å². The maximum Gasteiger partial charge on any atom is 0.439 e. The van der Waals surface area contributed by atoms with E-state index < -0.39 is 5.76 Å².